The highest BCUT2D eigenvalue weighted by molar-refractivity contribution is 6.03. The van der Waals surface area contributed by atoms with Crippen molar-refractivity contribution in [2.24, 2.45) is 5.73 Å². The van der Waals surface area contributed by atoms with Crippen LogP contribution in [0.5, 0.6) is 0 Å². The quantitative estimate of drug-likeness (QED) is 0.806. The highest BCUT2D eigenvalue weighted by Gasteiger charge is 2.33. The average molecular weight is 293 g/mol. The Balaban J connectivity index is 1.73. The number of oxazole rings is 1. The molecule has 3 aromatic rings. The maximum absolute atomic E-state index is 11.5. The largest absolute Gasteiger partial charge is 0.423 e. The van der Waals surface area contributed by atoms with Crippen LogP contribution in [-0.4, -0.2) is 17.4 Å². The van der Waals surface area contributed by atoms with Crippen molar-refractivity contribution in [3.05, 3.63) is 59.7 Å². The molecule has 22 heavy (non-hydrogen) atoms. The predicted octanol–water partition coefficient (Wildman–Crippen LogP) is 2.88. The van der Waals surface area contributed by atoms with Crippen molar-refractivity contribution in [3.8, 4) is 0 Å². The van der Waals surface area contributed by atoms with Gasteiger partial charge in [-0.05, 0) is 24.1 Å². The van der Waals surface area contributed by atoms with Gasteiger partial charge in [-0.2, -0.15) is 4.98 Å². The molecule has 0 bridgehead atoms. The minimum Gasteiger partial charge on any atom is -0.423 e. The number of anilines is 1. The Morgan fingerprint density at radius 2 is 2.00 bits per heavy atom. The standard InChI is InChI=1S/C17H15N3O2/c18-16(21)12-7-4-8-14-15(12)19-17(22-14)20-10-9-13(20)11-5-2-1-3-6-11/h1-8,13H,9-10H2,(H2,18,21). The van der Waals surface area contributed by atoms with Crippen molar-refractivity contribution in [2.45, 2.75) is 12.5 Å². The van der Waals surface area contributed by atoms with E-state index < -0.39 is 5.91 Å². The lowest BCUT2D eigenvalue weighted by molar-refractivity contribution is 0.100. The van der Waals surface area contributed by atoms with Gasteiger partial charge >= 0.3 is 0 Å². The van der Waals surface area contributed by atoms with E-state index in [0.29, 0.717) is 22.7 Å². The lowest BCUT2D eigenvalue weighted by atomic mass is 9.95. The Morgan fingerprint density at radius 1 is 1.18 bits per heavy atom. The summed E-state index contributed by atoms with van der Waals surface area (Å²) in [5.41, 5.74) is 8.15. The first kappa shape index (κ1) is 12.9. The molecular formula is C17H15N3O2. The van der Waals surface area contributed by atoms with Crippen LogP contribution in [0.2, 0.25) is 0 Å². The van der Waals surface area contributed by atoms with Crippen LogP contribution in [0.4, 0.5) is 6.01 Å². The fourth-order valence-electron chi connectivity index (χ4n) is 2.90. The van der Waals surface area contributed by atoms with E-state index in [2.05, 4.69) is 22.0 Å². The van der Waals surface area contributed by atoms with Gasteiger partial charge in [-0.15, -0.1) is 0 Å². The fourth-order valence-corrected chi connectivity index (χ4v) is 2.90. The Morgan fingerprint density at radius 3 is 2.68 bits per heavy atom. The molecule has 4 rings (SSSR count). The Kier molecular flexibility index (Phi) is 2.85. The molecular weight excluding hydrogens is 278 g/mol. The first-order chi connectivity index (χ1) is 10.7. The van der Waals surface area contributed by atoms with Crippen LogP contribution >= 0.6 is 0 Å². The number of amides is 1. The predicted molar refractivity (Wildman–Crippen MR) is 83.7 cm³/mol. The van der Waals surface area contributed by atoms with Crippen molar-refractivity contribution >= 4 is 23.0 Å². The zero-order valence-electron chi connectivity index (χ0n) is 11.9. The van der Waals surface area contributed by atoms with Gasteiger partial charge in [0.15, 0.2) is 5.58 Å². The minimum absolute atomic E-state index is 0.270. The molecule has 1 fully saturated rings. The molecule has 0 saturated carbocycles. The summed E-state index contributed by atoms with van der Waals surface area (Å²) >= 11 is 0. The van der Waals surface area contributed by atoms with Gasteiger partial charge in [0, 0.05) is 6.54 Å². The first-order valence-electron chi connectivity index (χ1n) is 7.25. The SMILES string of the molecule is NC(=O)c1cccc2oc(N3CCC3c3ccccc3)nc12. The van der Waals surface area contributed by atoms with E-state index in [1.165, 1.54) is 5.56 Å². The number of carbonyl (C=O) groups excluding carboxylic acids is 1. The molecule has 1 aliphatic heterocycles. The number of rotatable bonds is 3. The molecule has 1 aromatic heterocycles. The number of hydrogen-bond donors (Lipinski definition) is 1. The van der Waals surface area contributed by atoms with Crippen LogP contribution in [0, 0.1) is 0 Å². The molecule has 0 spiro atoms. The summed E-state index contributed by atoms with van der Waals surface area (Å²) in [5.74, 6) is -0.492. The number of para-hydroxylation sites is 1. The second-order valence-electron chi connectivity index (χ2n) is 5.42. The Labute approximate surface area is 127 Å². The van der Waals surface area contributed by atoms with Gasteiger partial charge in [-0.25, -0.2) is 0 Å². The van der Waals surface area contributed by atoms with Crippen LogP contribution in [0.1, 0.15) is 28.4 Å². The van der Waals surface area contributed by atoms with Gasteiger partial charge in [0.1, 0.15) is 5.52 Å². The summed E-state index contributed by atoms with van der Waals surface area (Å²) in [5, 5.41) is 0. The third-order valence-corrected chi connectivity index (χ3v) is 4.12. The Hall–Kier alpha value is -2.82. The molecule has 0 radical (unpaired) electrons. The van der Waals surface area contributed by atoms with E-state index >= 15 is 0 Å². The molecule has 1 saturated heterocycles. The maximum Gasteiger partial charge on any atom is 0.298 e. The molecule has 1 aliphatic rings. The van der Waals surface area contributed by atoms with Crippen LogP contribution in [0.25, 0.3) is 11.1 Å². The number of carbonyl (C=O) groups is 1. The highest BCUT2D eigenvalue weighted by Crippen LogP contribution is 2.38. The van der Waals surface area contributed by atoms with E-state index in [1.807, 2.05) is 18.2 Å². The van der Waals surface area contributed by atoms with Crippen molar-refractivity contribution in [1.82, 2.24) is 4.98 Å². The summed E-state index contributed by atoms with van der Waals surface area (Å²) in [7, 11) is 0. The lowest BCUT2D eigenvalue weighted by Gasteiger charge is -2.40. The van der Waals surface area contributed by atoms with Crippen LogP contribution in [0.15, 0.2) is 52.9 Å². The third-order valence-electron chi connectivity index (χ3n) is 4.12. The van der Waals surface area contributed by atoms with E-state index in [-0.39, 0.29) is 6.04 Å². The summed E-state index contributed by atoms with van der Waals surface area (Å²) in [6, 6.07) is 16.3. The Bertz CT molecular complexity index is 841. The van der Waals surface area contributed by atoms with E-state index in [4.69, 9.17) is 10.2 Å². The second-order valence-corrected chi connectivity index (χ2v) is 5.42. The maximum atomic E-state index is 11.5. The molecule has 5 heteroatoms. The van der Waals surface area contributed by atoms with Crippen molar-refractivity contribution in [1.29, 1.82) is 0 Å². The van der Waals surface area contributed by atoms with Crippen LogP contribution in [-0.2, 0) is 0 Å². The van der Waals surface area contributed by atoms with Crippen molar-refractivity contribution < 1.29 is 9.21 Å². The molecule has 1 unspecified atom stereocenters. The van der Waals surface area contributed by atoms with Gasteiger partial charge < -0.3 is 15.1 Å². The number of fused-ring (bicyclic) bond motifs is 1. The molecule has 2 heterocycles. The van der Waals surface area contributed by atoms with Gasteiger partial charge in [0.25, 0.3) is 11.9 Å². The molecule has 2 N–H and O–H groups in total. The smallest absolute Gasteiger partial charge is 0.298 e. The van der Waals surface area contributed by atoms with E-state index in [1.54, 1.807) is 18.2 Å². The third kappa shape index (κ3) is 1.94. The number of aromatic nitrogens is 1. The zero-order valence-corrected chi connectivity index (χ0v) is 11.9. The molecule has 5 nitrogen and oxygen atoms in total. The number of nitrogens with zero attached hydrogens (tertiary/aromatic N) is 2. The van der Waals surface area contributed by atoms with Gasteiger partial charge in [-0.3, -0.25) is 4.79 Å². The molecule has 1 atom stereocenters. The van der Waals surface area contributed by atoms with Crippen molar-refractivity contribution in [2.75, 3.05) is 11.4 Å². The fraction of sp³-hybridized carbons (Fsp3) is 0.176. The molecule has 0 aliphatic carbocycles. The summed E-state index contributed by atoms with van der Waals surface area (Å²) in [6.45, 7) is 0.887. The average Bonchev–Trinajstić information content (AvgIpc) is 2.89. The van der Waals surface area contributed by atoms with E-state index in [0.717, 1.165) is 13.0 Å². The first-order valence-corrected chi connectivity index (χ1v) is 7.25. The van der Waals surface area contributed by atoms with Crippen molar-refractivity contribution in [3.63, 3.8) is 0 Å². The monoisotopic (exact) mass is 293 g/mol. The second kappa shape index (κ2) is 4.87. The van der Waals surface area contributed by atoms with Crippen LogP contribution in [0.3, 0.4) is 0 Å². The molecule has 2 aromatic carbocycles. The van der Waals surface area contributed by atoms with Gasteiger partial charge in [0.05, 0.1) is 11.6 Å². The number of primary amides is 1. The molecule has 110 valence electrons. The van der Waals surface area contributed by atoms with Gasteiger partial charge in [0.2, 0.25) is 0 Å². The molecule has 1 amide bonds. The number of benzene rings is 2. The number of nitrogens with two attached hydrogens (primary N) is 1. The lowest BCUT2D eigenvalue weighted by Crippen LogP contribution is -2.41. The minimum atomic E-state index is -0.492. The highest BCUT2D eigenvalue weighted by atomic mass is 16.4. The topological polar surface area (TPSA) is 72.4 Å². The van der Waals surface area contributed by atoms with Gasteiger partial charge in [-0.1, -0.05) is 36.4 Å². The summed E-state index contributed by atoms with van der Waals surface area (Å²) in [4.78, 5) is 18.1. The van der Waals surface area contributed by atoms with Crippen LogP contribution < -0.4 is 10.6 Å². The summed E-state index contributed by atoms with van der Waals surface area (Å²) < 4.78 is 5.82. The normalized spacial score (nSPS) is 17.5. The zero-order chi connectivity index (χ0) is 15.1. The van der Waals surface area contributed by atoms with E-state index in [9.17, 15) is 4.79 Å². The number of hydrogen-bond acceptors (Lipinski definition) is 4. The summed E-state index contributed by atoms with van der Waals surface area (Å²) in [6.07, 6.45) is 1.06.